The lowest BCUT2D eigenvalue weighted by molar-refractivity contribution is -0.140. The standard InChI is InChI=1S/C13H24N2O4/c1-4-9(2)11(12(16)17)14-13(18)15(7-8-19-3)10-5-6-10/h9-11H,4-8H2,1-3H3,(H,14,18)(H,16,17)/t9-,11-/m0/s1. The van der Waals surface area contributed by atoms with E-state index in [9.17, 15) is 14.7 Å². The van der Waals surface area contributed by atoms with E-state index in [-0.39, 0.29) is 18.0 Å². The van der Waals surface area contributed by atoms with E-state index in [4.69, 9.17) is 4.74 Å². The SMILES string of the molecule is CC[C@H](C)[C@H](NC(=O)N(CCOC)C1CC1)C(=O)O. The van der Waals surface area contributed by atoms with Gasteiger partial charge in [-0.1, -0.05) is 20.3 Å². The molecule has 0 unspecified atom stereocenters. The molecule has 1 rings (SSSR count). The van der Waals surface area contributed by atoms with Gasteiger partial charge in [-0.25, -0.2) is 9.59 Å². The third-order valence-electron chi connectivity index (χ3n) is 3.54. The molecule has 0 bridgehead atoms. The fraction of sp³-hybridized carbons (Fsp3) is 0.846. The first kappa shape index (κ1) is 15.8. The summed E-state index contributed by atoms with van der Waals surface area (Å²) in [6.45, 7) is 4.71. The molecular formula is C13H24N2O4. The fourth-order valence-corrected chi connectivity index (χ4v) is 1.92. The van der Waals surface area contributed by atoms with E-state index in [0.717, 1.165) is 12.8 Å². The summed E-state index contributed by atoms with van der Waals surface area (Å²) in [5.74, 6) is -1.07. The van der Waals surface area contributed by atoms with Gasteiger partial charge in [-0.15, -0.1) is 0 Å². The van der Waals surface area contributed by atoms with Crippen LogP contribution >= 0.6 is 0 Å². The second-order valence-corrected chi connectivity index (χ2v) is 5.07. The number of hydrogen-bond donors (Lipinski definition) is 2. The van der Waals surface area contributed by atoms with Crippen molar-refractivity contribution in [2.24, 2.45) is 5.92 Å². The zero-order chi connectivity index (χ0) is 14.4. The molecule has 0 radical (unpaired) electrons. The largest absolute Gasteiger partial charge is 0.480 e. The van der Waals surface area contributed by atoms with Gasteiger partial charge in [0.05, 0.1) is 6.61 Å². The Hall–Kier alpha value is -1.30. The number of methoxy groups -OCH3 is 1. The number of hydrogen-bond acceptors (Lipinski definition) is 3. The van der Waals surface area contributed by atoms with Crippen LogP contribution in [0.2, 0.25) is 0 Å². The Morgan fingerprint density at radius 1 is 1.47 bits per heavy atom. The highest BCUT2D eigenvalue weighted by Crippen LogP contribution is 2.26. The molecule has 0 aromatic heterocycles. The topological polar surface area (TPSA) is 78.9 Å². The fourth-order valence-electron chi connectivity index (χ4n) is 1.92. The van der Waals surface area contributed by atoms with Gasteiger partial charge in [0, 0.05) is 19.7 Å². The van der Waals surface area contributed by atoms with Gasteiger partial charge in [0.15, 0.2) is 0 Å². The van der Waals surface area contributed by atoms with Gasteiger partial charge in [0.2, 0.25) is 0 Å². The Kier molecular flexibility index (Phi) is 6.08. The number of carbonyl (C=O) groups excluding carboxylic acids is 1. The van der Waals surface area contributed by atoms with Crippen LogP contribution < -0.4 is 5.32 Å². The first-order valence-corrected chi connectivity index (χ1v) is 6.80. The Morgan fingerprint density at radius 2 is 2.11 bits per heavy atom. The molecule has 0 spiro atoms. The van der Waals surface area contributed by atoms with Crippen LogP contribution in [-0.2, 0) is 9.53 Å². The van der Waals surface area contributed by atoms with Gasteiger partial charge in [-0.05, 0) is 18.8 Å². The van der Waals surface area contributed by atoms with Crippen LogP contribution in [0.15, 0.2) is 0 Å². The molecule has 110 valence electrons. The maximum absolute atomic E-state index is 12.2. The van der Waals surface area contributed by atoms with E-state index in [1.165, 1.54) is 0 Å². The van der Waals surface area contributed by atoms with Crippen molar-refractivity contribution in [3.8, 4) is 0 Å². The van der Waals surface area contributed by atoms with Crippen LogP contribution in [0.3, 0.4) is 0 Å². The van der Waals surface area contributed by atoms with Crippen molar-refractivity contribution in [1.82, 2.24) is 10.2 Å². The normalized spacial score (nSPS) is 17.6. The van der Waals surface area contributed by atoms with Gasteiger partial charge < -0.3 is 20.1 Å². The smallest absolute Gasteiger partial charge is 0.326 e. The number of carboxylic acids is 1. The number of carbonyl (C=O) groups is 2. The molecule has 6 nitrogen and oxygen atoms in total. The number of urea groups is 1. The van der Waals surface area contributed by atoms with Crippen molar-refractivity contribution in [2.75, 3.05) is 20.3 Å². The summed E-state index contributed by atoms with van der Waals surface area (Å²) in [5.41, 5.74) is 0. The molecule has 2 atom stereocenters. The quantitative estimate of drug-likeness (QED) is 0.698. The van der Waals surface area contributed by atoms with Crippen LogP contribution in [0, 0.1) is 5.92 Å². The lowest BCUT2D eigenvalue weighted by atomic mass is 9.99. The molecule has 1 saturated carbocycles. The maximum Gasteiger partial charge on any atom is 0.326 e. The summed E-state index contributed by atoms with van der Waals surface area (Å²) in [6, 6.07) is -0.893. The van der Waals surface area contributed by atoms with Crippen LogP contribution in [0.1, 0.15) is 33.1 Å². The minimum Gasteiger partial charge on any atom is -0.480 e. The van der Waals surface area contributed by atoms with Gasteiger partial charge in [-0.2, -0.15) is 0 Å². The summed E-state index contributed by atoms with van der Waals surface area (Å²) < 4.78 is 4.98. The molecule has 1 aliphatic carbocycles. The third kappa shape index (κ3) is 4.70. The number of aliphatic carboxylic acids is 1. The summed E-state index contributed by atoms with van der Waals surface area (Å²) in [4.78, 5) is 25.0. The van der Waals surface area contributed by atoms with Crippen LogP contribution in [0.25, 0.3) is 0 Å². The van der Waals surface area contributed by atoms with E-state index in [2.05, 4.69) is 5.32 Å². The molecule has 2 amide bonds. The number of carboxylic acid groups (broad SMARTS) is 1. The van der Waals surface area contributed by atoms with Gasteiger partial charge in [0.1, 0.15) is 6.04 Å². The molecule has 0 heterocycles. The number of rotatable bonds is 8. The van der Waals surface area contributed by atoms with E-state index in [0.29, 0.717) is 19.6 Å². The summed E-state index contributed by atoms with van der Waals surface area (Å²) in [7, 11) is 1.59. The maximum atomic E-state index is 12.2. The van der Waals surface area contributed by atoms with E-state index >= 15 is 0 Å². The Balaban J connectivity index is 2.60. The molecule has 1 fully saturated rings. The molecule has 1 aliphatic rings. The first-order valence-electron chi connectivity index (χ1n) is 6.80. The van der Waals surface area contributed by atoms with Crippen molar-refractivity contribution in [2.45, 2.75) is 45.2 Å². The number of ether oxygens (including phenoxy) is 1. The molecular weight excluding hydrogens is 248 g/mol. The zero-order valence-corrected chi connectivity index (χ0v) is 11.9. The predicted octanol–water partition coefficient (Wildman–Crippen LogP) is 1.31. The molecule has 0 aromatic carbocycles. The lowest BCUT2D eigenvalue weighted by Gasteiger charge is -2.27. The highest BCUT2D eigenvalue weighted by molar-refractivity contribution is 5.83. The average Bonchev–Trinajstić information content (AvgIpc) is 3.19. The van der Waals surface area contributed by atoms with Gasteiger partial charge in [0.25, 0.3) is 0 Å². The van der Waals surface area contributed by atoms with Crippen molar-refractivity contribution in [3.63, 3.8) is 0 Å². The van der Waals surface area contributed by atoms with Crippen molar-refractivity contribution < 1.29 is 19.4 Å². The molecule has 0 saturated heterocycles. The number of nitrogens with one attached hydrogen (secondary N) is 1. The summed E-state index contributed by atoms with van der Waals surface area (Å²) in [6.07, 6.45) is 2.68. The number of amides is 2. The van der Waals surface area contributed by atoms with Crippen molar-refractivity contribution in [1.29, 1.82) is 0 Å². The Bertz CT molecular complexity index is 318. The first-order chi connectivity index (χ1) is 9.01. The molecule has 2 N–H and O–H groups in total. The third-order valence-corrected chi connectivity index (χ3v) is 3.54. The lowest BCUT2D eigenvalue weighted by Crippen LogP contribution is -2.51. The second kappa shape index (κ2) is 7.33. The number of nitrogens with zero attached hydrogens (tertiary/aromatic N) is 1. The summed E-state index contributed by atoms with van der Waals surface area (Å²) in [5, 5.41) is 11.8. The van der Waals surface area contributed by atoms with Crippen LogP contribution in [-0.4, -0.2) is 54.4 Å². The molecule has 19 heavy (non-hydrogen) atoms. The minimum atomic E-state index is -0.981. The minimum absolute atomic E-state index is 0.0927. The molecule has 0 aromatic rings. The van der Waals surface area contributed by atoms with Crippen molar-refractivity contribution >= 4 is 12.0 Å². The Morgan fingerprint density at radius 3 is 2.53 bits per heavy atom. The summed E-state index contributed by atoms with van der Waals surface area (Å²) >= 11 is 0. The average molecular weight is 272 g/mol. The highest BCUT2D eigenvalue weighted by atomic mass is 16.5. The van der Waals surface area contributed by atoms with E-state index in [1.54, 1.807) is 12.0 Å². The molecule has 6 heteroatoms. The van der Waals surface area contributed by atoms with Crippen molar-refractivity contribution in [3.05, 3.63) is 0 Å². The van der Waals surface area contributed by atoms with E-state index < -0.39 is 12.0 Å². The predicted molar refractivity (Wildman–Crippen MR) is 71.0 cm³/mol. The Labute approximate surface area is 114 Å². The van der Waals surface area contributed by atoms with Crippen LogP contribution in [0.4, 0.5) is 4.79 Å². The van der Waals surface area contributed by atoms with E-state index in [1.807, 2.05) is 13.8 Å². The second-order valence-electron chi connectivity index (χ2n) is 5.07. The van der Waals surface area contributed by atoms with Crippen LogP contribution in [0.5, 0.6) is 0 Å². The van der Waals surface area contributed by atoms with Gasteiger partial charge >= 0.3 is 12.0 Å². The molecule has 0 aliphatic heterocycles. The van der Waals surface area contributed by atoms with Gasteiger partial charge in [-0.3, -0.25) is 0 Å². The highest BCUT2D eigenvalue weighted by Gasteiger charge is 2.35. The monoisotopic (exact) mass is 272 g/mol. The zero-order valence-electron chi connectivity index (χ0n) is 11.9.